The molecule has 1 rings (SSSR count). The van der Waals surface area contributed by atoms with Gasteiger partial charge in [-0.3, -0.25) is 4.79 Å². The van der Waals surface area contributed by atoms with Crippen LogP contribution in [0.3, 0.4) is 0 Å². The van der Waals surface area contributed by atoms with E-state index < -0.39 is 0 Å². The first kappa shape index (κ1) is 17.8. The molecule has 2 unspecified atom stereocenters. The molecule has 1 aromatic carbocycles. The van der Waals surface area contributed by atoms with Gasteiger partial charge >= 0.3 is 0 Å². The minimum absolute atomic E-state index is 0.00163. The van der Waals surface area contributed by atoms with Crippen molar-refractivity contribution in [2.75, 3.05) is 6.61 Å². The number of rotatable bonds is 8. The van der Waals surface area contributed by atoms with E-state index in [9.17, 15) is 4.79 Å². The van der Waals surface area contributed by atoms with E-state index in [2.05, 4.69) is 12.2 Å². The number of nitrogens with two attached hydrogens (primary N) is 1. The second-order valence-electron chi connectivity index (χ2n) is 5.48. The summed E-state index contributed by atoms with van der Waals surface area (Å²) < 4.78 is 5.61. The van der Waals surface area contributed by atoms with Crippen molar-refractivity contribution in [2.45, 2.75) is 52.1 Å². The lowest BCUT2D eigenvalue weighted by Crippen LogP contribution is -2.36. The van der Waals surface area contributed by atoms with E-state index in [0.29, 0.717) is 17.2 Å². The molecule has 0 fully saturated rings. The first-order chi connectivity index (χ1) is 9.92. The van der Waals surface area contributed by atoms with E-state index in [1.807, 2.05) is 19.9 Å². The van der Waals surface area contributed by atoms with Gasteiger partial charge in [0.1, 0.15) is 5.75 Å². The fraction of sp³-hybridized carbons (Fsp3) is 0.562. The maximum Gasteiger partial charge on any atom is 0.258 e. The highest BCUT2D eigenvalue weighted by atomic mass is 35.5. The Hall–Kier alpha value is -1.26. The molecular weight excluding hydrogens is 288 g/mol. The Labute approximate surface area is 132 Å². The molecule has 3 N–H and O–H groups in total. The van der Waals surface area contributed by atoms with Gasteiger partial charge < -0.3 is 15.8 Å². The van der Waals surface area contributed by atoms with Crippen molar-refractivity contribution < 1.29 is 9.53 Å². The normalized spacial score (nSPS) is 13.6. The molecule has 0 aliphatic rings. The van der Waals surface area contributed by atoms with Crippen LogP contribution < -0.4 is 15.8 Å². The second-order valence-corrected chi connectivity index (χ2v) is 5.92. The van der Waals surface area contributed by atoms with Crippen LogP contribution in [0.4, 0.5) is 0 Å². The fourth-order valence-corrected chi connectivity index (χ4v) is 2.35. The number of carbonyl (C=O) groups is 1. The number of hydrogen-bond donors (Lipinski definition) is 2. The average molecular weight is 313 g/mol. The van der Waals surface area contributed by atoms with Gasteiger partial charge in [-0.05, 0) is 50.5 Å². The van der Waals surface area contributed by atoms with Gasteiger partial charge in [0, 0.05) is 17.1 Å². The third-order valence-electron chi connectivity index (χ3n) is 3.05. The molecule has 0 bridgehead atoms. The lowest BCUT2D eigenvalue weighted by Gasteiger charge is -2.15. The van der Waals surface area contributed by atoms with Crippen LogP contribution in [0, 0.1) is 0 Å². The molecule has 21 heavy (non-hydrogen) atoms. The van der Waals surface area contributed by atoms with Crippen LogP contribution in [-0.2, 0) is 11.2 Å². The summed E-state index contributed by atoms with van der Waals surface area (Å²) in [6, 6.07) is 5.53. The standard InChI is InChI=1S/C16H25ClN2O2/c1-4-5-12(3)19-16(20)10-21-15-7-6-14(17)9-13(15)8-11(2)18/h6-7,9,11-12H,4-5,8,10,18H2,1-3H3,(H,19,20). The summed E-state index contributed by atoms with van der Waals surface area (Å²) >= 11 is 5.99. The van der Waals surface area contributed by atoms with Crippen LogP contribution in [-0.4, -0.2) is 24.6 Å². The zero-order valence-corrected chi connectivity index (χ0v) is 13.7. The maximum atomic E-state index is 11.8. The summed E-state index contributed by atoms with van der Waals surface area (Å²) in [6.07, 6.45) is 2.66. The van der Waals surface area contributed by atoms with Crippen molar-refractivity contribution in [2.24, 2.45) is 5.73 Å². The molecular formula is C16H25ClN2O2. The molecule has 1 amide bonds. The summed E-state index contributed by atoms with van der Waals surface area (Å²) in [5.41, 5.74) is 6.74. The maximum absolute atomic E-state index is 11.8. The Morgan fingerprint density at radius 2 is 2.14 bits per heavy atom. The van der Waals surface area contributed by atoms with Crippen LogP contribution in [0.25, 0.3) is 0 Å². The molecule has 4 nitrogen and oxygen atoms in total. The monoisotopic (exact) mass is 312 g/mol. The molecule has 2 atom stereocenters. The first-order valence-electron chi connectivity index (χ1n) is 7.38. The molecule has 5 heteroatoms. The fourth-order valence-electron chi connectivity index (χ4n) is 2.16. The molecule has 0 aliphatic carbocycles. The van der Waals surface area contributed by atoms with Crippen LogP contribution >= 0.6 is 11.6 Å². The van der Waals surface area contributed by atoms with Crippen molar-refractivity contribution in [3.8, 4) is 5.75 Å². The Morgan fingerprint density at radius 1 is 1.43 bits per heavy atom. The minimum atomic E-state index is -0.113. The average Bonchev–Trinajstić information content (AvgIpc) is 2.37. The summed E-state index contributed by atoms with van der Waals surface area (Å²) in [5, 5.41) is 3.55. The lowest BCUT2D eigenvalue weighted by atomic mass is 10.1. The van der Waals surface area contributed by atoms with Gasteiger partial charge in [0.2, 0.25) is 0 Å². The van der Waals surface area contributed by atoms with Crippen molar-refractivity contribution >= 4 is 17.5 Å². The number of ether oxygens (including phenoxy) is 1. The number of hydrogen-bond acceptors (Lipinski definition) is 3. The molecule has 0 spiro atoms. The van der Waals surface area contributed by atoms with Crippen LogP contribution in [0.2, 0.25) is 5.02 Å². The number of nitrogens with one attached hydrogen (secondary N) is 1. The molecule has 0 heterocycles. The van der Waals surface area contributed by atoms with Crippen LogP contribution in [0.1, 0.15) is 39.2 Å². The van der Waals surface area contributed by atoms with Gasteiger partial charge in [0.05, 0.1) is 0 Å². The Kier molecular flexibility index (Phi) is 7.54. The van der Waals surface area contributed by atoms with Gasteiger partial charge in [-0.15, -0.1) is 0 Å². The van der Waals surface area contributed by atoms with Gasteiger partial charge in [0.15, 0.2) is 6.61 Å². The number of halogens is 1. The topological polar surface area (TPSA) is 64.3 Å². The summed E-state index contributed by atoms with van der Waals surface area (Å²) in [4.78, 5) is 11.8. The Morgan fingerprint density at radius 3 is 2.76 bits per heavy atom. The molecule has 1 aromatic rings. The highest BCUT2D eigenvalue weighted by Crippen LogP contribution is 2.24. The molecule has 0 aromatic heterocycles. The molecule has 0 saturated carbocycles. The van der Waals surface area contributed by atoms with E-state index in [-0.39, 0.29) is 24.6 Å². The molecule has 0 aliphatic heterocycles. The third kappa shape index (κ3) is 6.82. The van der Waals surface area contributed by atoms with Crippen molar-refractivity contribution in [1.82, 2.24) is 5.32 Å². The van der Waals surface area contributed by atoms with Gasteiger partial charge in [-0.25, -0.2) is 0 Å². The smallest absolute Gasteiger partial charge is 0.258 e. The van der Waals surface area contributed by atoms with E-state index >= 15 is 0 Å². The lowest BCUT2D eigenvalue weighted by molar-refractivity contribution is -0.123. The zero-order chi connectivity index (χ0) is 15.8. The summed E-state index contributed by atoms with van der Waals surface area (Å²) in [7, 11) is 0. The van der Waals surface area contributed by atoms with E-state index in [1.165, 1.54) is 0 Å². The Bertz CT molecular complexity index is 464. The predicted octanol–water partition coefficient (Wildman–Crippen LogP) is 2.91. The van der Waals surface area contributed by atoms with E-state index in [4.69, 9.17) is 22.1 Å². The number of carbonyl (C=O) groups excluding carboxylic acids is 1. The van der Waals surface area contributed by atoms with Gasteiger partial charge in [0.25, 0.3) is 5.91 Å². The van der Waals surface area contributed by atoms with E-state index in [0.717, 1.165) is 18.4 Å². The number of benzene rings is 1. The van der Waals surface area contributed by atoms with Gasteiger partial charge in [-0.2, -0.15) is 0 Å². The largest absolute Gasteiger partial charge is 0.483 e. The highest BCUT2D eigenvalue weighted by molar-refractivity contribution is 6.30. The third-order valence-corrected chi connectivity index (χ3v) is 3.29. The van der Waals surface area contributed by atoms with Crippen molar-refractivity contribution in [3.63, 3.8) is 0 Å². The molecule has 118 valence electrons. The Balaban J connectivity index is 2.60. The second kappa shape index (κ2) is 8.90. The SMILES string of the molecule is CCCC(C)NC(=O)COc1ccc(Cl)cc1CC(C)N. The van der Waals surface area contributed by atoms with Crippen molar-refractivity contribution in [3.05, 3.63) is 28.8 Å². The molecule has 0 saturated heterocycles. The van der Waals surface area contributed by atoms with Crippen molar-refractivity contribution in [1.29, 1.82) is 0 Å². The first-order valence-corrected chi connectivity index (χ1v) is 7.76. The van der Waals surface area contributed by atoms with Gasteiger partial charge in [-0.1, -0.05) is 24.9 Å². The number of amides is 1. The summed E-state index contributed by atoms with van der Waals surface area (Å²) in [6.45, 7) is 6.00. The highest BCUT2D eigenvalue weighted by Gasteiger charge is 2.11. The quantitative estimate of drug-likeness (QED) is 0.775. The van der Waals surface area contributed by atoms with Crippen LogP contribution in [0.5, 0.6) is 5.75 Å². The molecule has 0 radical (unpaired) electrons. The van der Waals surface area contributed by atoms with E-state index in [1.54, 1.807) is 12.1 Å². The zero-order valence-electron chi connectivity index (χ0n) is 13.0. The minimum Gasteiger partial charge on any atom is -0.483 e. The predicted molar refractivity (Wildman–Crippen MR) is 86.8 cm³/mol. The van der Waals surface area contributed by atoms with Crippen LogP contribution in [0.15, 0.2) is 18.2 Å². The summed E-state index contributed by atoms with van der Waals surface area (Å²) in [5.74, 6) is 0.549.